The number of nitrogen functional groups attached to an aromatic ring is 1. The molecule has 0 bridgehead atoms. The fourth-order valence-corrected chi connectivity index (χ4v) is 1.99. The van der Waals surface area contributed by atoms with E-state index in [4.69, 9.17) is 5.73 Å². The monoisotopic (exact) mass is 269 g/mol. The first-order chi connectivity index (χ1) is 9.63. The molecule has 20 heavy (non-hydrogen) atoms. The minimum Gasteiger partial charge on any atom is -0.399 e. The highest BCUT2D eigenvalue weighted by atomic mass is 19.1. The van der Waals surface area contributed by atoms with Gasteiger partial charge in [-0.3, -0.25) is 9.89 Å². The van der Waals surface area contributed by atoms with Crippen molar-refractivity contribution in [2.45, 2.75) is 0 Å². The summed E-state index contributed by atoms with van der Waals surface area (Å²) in [6.07, 6.45) is 0. The normalized spacial score (nSPS) is 10.7. The van der Waals surface area contributed by atoms with Crippen LogP contribution in [-0.2, 0) is 0 Å². The zero-order chi connectivity index (χ0) is 14.1. The summed E-state index contributed by atoms with van der Waals surface area (Å²) in [5.74, 6) is -0.341. The Balaban J connectivity index is 2.05. The minimum absolute atomic E-state index is 0.205. The number of H-pyrrole nitrogens is 1. The third-order valence-electron chi connectivity index (χ3n) is 3.03. The van der Waals surface area contributed by atoms with Crippen LogP contribution < -0.4 is 11.3 Å². The van der Waals surface area contributed by atoms with E-state index >= 15 is 0 Å². The van der Waals surface area contributed by atoms with Gasteiger partial charge < -0.3 is 5.73 Å². The van der Waals surface area contributed by atoms with Crippen LogP contribution in [0.1, 0.15) is 0 Å². The smallest absolute Gasteiger partial charge is 0.271 e. The highest BCUT2D eigenvalue weighted by Crippen LogP contribution is 2.18. The third-order valence-corrected chi connectivity index (χ3v) is 3.03. The summed E-state index contributed by atoms with van der Waals surface area (Å²) in [6, 6.07) is 14.4. The van der Waals surface area contributed by atoms with E-state index in [-0.39, 0.29) is 11.4 Å². The molecule has 0 unspecified atom stereocenters. The van der Waals surface area contributed by atoms with Gasteiger partial charge in [-0.15, -0.1) is 0 Å². The largest absolute Gasteiger partial charge is 0.399 e. The maximum absolute atomic E-state index is 12.9. The van der Waals surface area contributed by atoms with Crippen molar-refractivity contribution in [1.29, 1.82) is 0 Å². The summed E-state index contributed by atoms with van der Waals surface area (Å²) in [5, 5.41) is 2.99. The van der Waals surface area contributed by atoms with Crippen LogP contribution in [-0.4, -0.2) is 9.78 Å². The number of nitrogens with two attached hydrogens (primary N) is 1. The number of hydrogen-bond acceptors (Lipinski definition) is 2. The first-order valence-corrected chi connectivity index (χ1v) is 6.07. The molecule has 0 spiro atoms. The second-order valence-electron chi connectivity index (χ2n) is 4.44. The van der Waals surface area contributed by atoms with E-state index in [2.05, 4.69) is 5.10 Å². The summed E-state index contributed by atoms with van der Waals surface area (Å²) < 4.78 is 14.3. The number of nitrogens with one attached hydrogen (secondary N) is 1. The number of halogens is 1. The van der Waals surface area contributed by atoms with Gasteiger partial charge in [0.1, 0.15) is 5.82 Å². The fourth-order valence-electron chi connectivity index (χ4n) is 1.99. The van der Waals surface area contributed by atoms with Crippen LogP contribution in [0.5, 0.6) is 0 Å². The van der Waals surface area contributed by atoms with Crippen molar-refractivity contribution in [3.63, 3.8) is 0 Å². The quantitative estimate of drug-likeness (QED) is 0.702. The van der Waals surface area contributed by atoms with Crippen molar-refractivity contribution in [2.75, 3.05) is 5.73 Å². The number of anilines is 1. The Morgan fingerprint density at radius 3 is 2.30 bits per heavy atom. The van der Waals surface area contributed by atoms with Gasteiger partial charge in [0.25, 0.3) is 5.56 Å². The Bertz CT molecular complexity index is 785. The SMILES string of the molecule is Nc1ccc(-c2cc(=O)n(-c3ccc(F)cc3)[nH]2)cc1. The van der Waals surface area contributed by atoms with Gasteiger partial charge in [-0.05, 0) is 42.0 Å². The molecule has 1 aromatic heterocycles. The van der Waals surface area contributed by atoms with E-state index in [1.165, 1.54) is 22.9 Å². The van der Waals surface area contributed by atoms with Gasteiger partial charge in [0.15, 0.2) is 0 Å². The van der Waals surface area contributed by atoms with Crippen LogP contribution in [0, 0.1) is 5.82 Å². The first kappa shape index (κ1) is 12.2. The fraction of sp³-hybridized carbons (Fsp3) is 0. The maximum Gasteiger partial charge on any atom is 0.271 e. The molecule has 0 aliphatic carbocycles. The Morgan fingerprint density at radius 2 is 1.65 bits per heavy atom. The van der Waals surface area contributed by atoms with E-state index in [9.17, 15) is 9.18 Å². The molecule has 3 N–H and O–H groups in total. The van der Waals surface area contributed by atoms with Gasteiger partial charge in [-0.1, -0.05) is 12.1 Å². The van der Waals surface area contributed by atoms with Crippen molar-refractivity contribution in [2.24, 2.45) is 0 Å². The lowest BCUT2D eigenvalue weighted by atomic mass is 10.1. The topological polar surface area (TPSA) is 63.8 Å². The zero-order valence-corrected chi connectivity index (χ0v) is 10.5. The van der Waals surface area contributed by atoms with E-state index in [1.54, 1.807) is 24.3 Å². The number of aromatic amines is 1. The molecule has 0 fully saturated rings. The molecule has 0 saturated carbocycles. The highest BCUT2D eigenvalue weighted by Gasteiger charge is 2.07. The van der Waals surface area contributed by atoms with Crippen molar-refractivity contribution in [1.82, 2.24) is 9.78 Å². The predicted molar refractivity (Wildman–Crippen MR) is 76.2 cm³/mol. The average Bonchev–Trinajstić information content (AvgIpc) is 2.82. The molecule has 0 amide bonds. The molecule has 0 saturated heterocycles. The van der Waals surface area contributed by atoms with Crippen LogP contribution in [0.15, 0.2) is 59.4 Å². The summed E-state index contributed by atoms with van der Waals surface area (Å²) in [6.45, 7) is 0. The number of aromatic nitrogens is 2. The van der Waals surface area contributed by atoms with Crippen LogP contribution in [0.2, 0.25) is 0 Å². The standard InChI is InChI=1S/C15H12FN3O/c16-11-3-7-13(8-4-11)19-15(20)9-14(18-19)10-1-5-12(17)6-2-10/h1-9,18H,17H2. The van der Waals surface area contributed by atoms with E-state index < -0.39 is 0 Å². The minimum atomic E-state index is -0.341. The van der Waals surface area contributed by atoms with Crippen molar-refractivity contribution >= 4 is 5.69 Å². The number of nitrogens with zero attached hydrogens (tertiary/aromatic N) is 1. The molecule has 2 aromatic carbocycles. The molecule has 3 aromatic rings. The Labute approximate surface area is 114 Å². The van der Waals surface area contributed by atoms with E-state index in [0.717, 1.165) is 5.56 Å². The van der Waals surface area contributed by atoms with Crippen LogP contribution in [0.4, 0.5) is 10.1 Å². The van der Waals surface area contributed by atoms with Gasteiger partial charge in [0.05, 0.1) is 11.4 Å². The molecule has 0 atom stereocenters. The molecule has 100 valence electrons. The second kappa shape index (κ2) is 4.70. The predicted octanol–water partition coefficient (Wildman–Crippen LogP) is 2.55. The second-order valence-corrected chi connectivity index (χ2v) is 4.44. The summed E-state index contributed by atoms with van der Waals surface area (Å²) in [4.78, 5) is 12.0. The van der Waals surface area contributed by atoms with E-state index in [0.29, 0.717) is 17.1 Å². The Kier molecular flexibility index (Phi) is 2.87. The third kappa shape index (κ3) is 2.21. The Hall–Kier alpha value is -2.82. The average molecular weight is 269 g/mol. The highest BCUT2D eigenvalue weighted by molar-refractivity contribution is 5.61. The lowest BCUT2D eigenvalue weighted by Gasteiger charge is -2.02. The molecule has 0 aliphatic heterocycles. The molecular formula is C15H12FN3O. The van der Waals surface area contributed by atoms with Crippen molar-refractivity contribution in [3.05, 3.63) is 70.8 Å². The molecule has 4 nitrogen and oxygen atoms in total. The number of benzene rings is 2. The Morgan fingerprint density at radius 1 is 1.00 bits per heavy atom. The van der Waals surface area contributed by atoms with Crippen LogP contribution in [0.25, 0.3) is 16.9 Å². The van der Waals surface area contributed by atoms with Gasteiger partial charge in [0.2, 0.25) is 0 Å². The molecule has 0 radical (unpaired) electrons. The maximum atomic E-state index is 12.9. The molecular weight excluding hydrogens is 257 g/mol. The van der Waals surface area contributed by atoms with Crippen LogP contribution in [0.3, 0.4) is 0 Å². The van der Waals surface area contributed by atoms with Gasteiger partial charge in [-0.25, -0.2) is 9.07 Å². The molecule has 1 heterocycles. The zero-order valence-electron chi connectivity index (χ0n) is 10.5. The van der Waals surface area contributed by atoms with Gasteiger partial charge in [0, 0.05) is 11.8 Å². The molecule has 3 rings (SSSR count). The number of rotatable bonds is 2. The van der Waals surface area contributed by atoms with Crippen molar-refractivity contribution in [3.8, 4) is 16.9 Å². The molecule has 0 aliphatic rings. The summed E-state index contributed by atoms with van der Waals surface area (Å²) >= 11 is 0. The van der Waals surface area contributed by atoms with Gasteiger partial charge >= 0.3 is 0 Å². The lowest BCUT2D eigenvalue weighted by Crippen LogP contribution is -2.13. The molecule has 5 heteroatoms. The summed E-state index contributed by atoms with van der Waals surface area (Å²) in [5.41, 5.74) is 8.21. The summed E-state index contributed by atoms with van der Waals surface area (Å²) in [7, 11) is 0. The first-order valence-electron chi connectivity index (χ1n) is 6.07. The van der Waals surface area contributed by atoms with Crippen LogP contribution >= 0.6 is 0 Å². The lowest BCUT2D eigenvalue weighted by molar-refractivity contribution is 0.627. The van der Waals surface area contributed by atoms with Gasteiger partial charge in [-0.2, -0.15) is 0 Å². The van der Waals surface area contributed by atoms with E-state index in [1.807, 2.05) is 12.1 Å². The van der Waals surface area contributed by atoms with Crippen molar-refractivity contribution < 1.29 is 4.39 Å². The number of hydrogen-bond donors (Lipinski definition) is 2.